The van der Waals surface area contributed by atoms with E-state index in [0.717, 1.165) is 6.08 Å². The SMILES string of the molecule is C=CC(C(=O)c1cccc2ccccc12)C(=O)C(F)(F)F. The second kappa shape index (κ2) is 5.52. The lowest BCUT2D eigenvalue weighted by atomic mass is 9.90. The molecule has 2 nitrogen and oxygen atoms in total. The van der Waals surface area contributed by atoms with Gasteiger partial charge >= 0.3 is 6.18 Å². The van der Waals surface area contributed by atoms with E-state index in [0.29, 0.717) is 10.8 Å². The van der Waals surface area contributed by atoms with E-state index in [4.69, 9.17) is 0 Å². The summed E-state index contributed by atoms with van der Waals surface area (Å²) in [6, 6.07) is 11.5. The summed E-state index contributed by atoms with van der Waals surface area (Å²) in [7, 11) is 0. The third kappa shape index (κ3) is 2.86. The van der Waals surface area contributed by atoms with Crippen LogP contribution in [0.1, 0.15) is 10.4 Å². The van der Waals surface area contributed by atoms with Gasteiger partial charge in [-0.05, 0) is 10.8 Å². The molecule has 1 atom stereocenters. The van der Waals surface area contributed by atoms with E-state index in [9.17, 15) is 22.8 Å². The molecule has 0 aliphatic rings. The van der Waals surface area contributed by atoms with Gasteiger partial charge in [-0.15, -0.1) is 6.58 Å². The average molecular weight is 292 g/mol. The summed E-state index contributed by atoms with van der Waals surface area (Å²) < 4.78 is 37.6. The second-order valence-corrected chi connectivity index (χ2v) is 4.47. The Morgan fingerprint density at radius 1 is 1.05 bits per heavy atom. The molecule has 0 fully saturated rings. The molecule has 5 heteroatoms. The van der Waals surface area contributed by atoms with Crippen LogP contribution in [0.4, 0.5) is 13.2 Å². The maximum atomic E-state index is 12.5. The lowest BCUT2D eigenvalue weighted by molar-refractivity contribution is -0.172. The van der Waals surface area contributed by atoms with Crippen molar-refractivity contribution in [2.24, 2.45) is 5.92 Å². The molecule has 2 rings (SSSR count). The van der Waals surface area contributed by atoms with Crippen LogP contribution in [0.5, 0.6) is 0 Å². The van der Waals surface area contributed by atoms with Gasteiger partial charge in [-0.1, -0.05) is 48.5 Å². The van der Waals surface area contributed by atoms with Crippen molar-refractivity contribution >= 4 is 22.3 Å². The highest BCUT2D eigenvalue weighted by atomic mass is 19.4. The lowest BCUT2D eigenvalue weighted by Gasteiger charge is -2.14. The first-order valence-electron chi connectivity index (χ1n) is 6.12. The van der Waals surface area contributed by atoms with Gasteiger partial charge in [0, 0.05) is 5.56 Å². The summed E-state index contributed by atoms with van der Waals surface area (Å²) >= 11 is 0. The predicted molar refractivity (Wildman–Crippen MR) is 73.0 cm³/mol. The van der Waals surface area contributed by atoms with Crippen molar-refractivity contribution in [1.29, 1.82) is 0 Å². The van der Waals surface area contributed by atoms with Crippen LogP contribution < -0.4 is 0 Å². The van der Waals surface area contributed by atoms with Gasteiger partial charge in [-0.3, -0.25) is 9.59 Å². The van der Waals surface area contributed by atoms with E-state index in [1.165, 1.54) is 6.07 Å². The van der Waals surface area contributed by atoms with Crippen LogP contribution in [-0.4, -0.2) is 17.7 Å². The van der Waals surface area contributed by atoms with Gasteiger partial charge in [0.15, 0.2) is 5.78 Å². The number of allylic oxidation sites excluding steroid dienone is 1. The van der Waals surface area contributed by atoms with Crippen LogP contribution in [0.3, 0.4) is 0 Å². The Labute approximate surface area is 118 Å². The van der Waals surface area contributed by atoms with Gasteiger partial charge in [0.1, 0.15) is 5.92 Å². The van der Waals surface area contributed by atoms with E-state index in [-0.39, 0.29) is 5.56 Å². The number of hydrogen-bond acceptors (Lipinski definition) is 2. The molecule has 0 heterocycles. The van der Waals surface area contributed by atoms with E-state index < -0.39 is 23.7 Å². The van der Waals surface area contributed by atoms with E-state index in [2.05, 4.69) is 6.58 Å². The first-order chi connectivity index (χ1) is 9.86. The molecule has 2 aromatic carbocycles. The monoisotopic (exact) mass is 292 g/mol. The highest BCUT2D eigenvalue weighted by molar-refractivity contribution is 6.18. The van der Waals surface area contributed by atoms with Crippen molar-refractivity contribution in [3.63, 3.8) is 0 Å². The van der Waals surface area contributed by atoms with Crippen LogP contribution in [0.15, 0.2) is 55.1 Å². The third-order valence-electron chi connectivity index (χ3n) is 3.14. The number of halogens is 3. The summed E-state index contributed by atoms with van der Waals surface area (Å²) in [4.78, 5) is 23.6. The zero-order valence-electron chi connectivity index (χ0n) is 10.9. The van der Waals surface area contributed by atoms with Crippen LogP contribution in [0, 0.1) is 5.92 Å². The van der Waals surface area contributed by atoms with Gasteiger partial charge in [0.05, 0.1) is 0 Å². The number of ketones is 2. The molecule has 0 aliphatic heterocycles. The minimum Gasteiger partial charge on any atom is -0.293 e. The van der Waals surface area contributed by atoms with Crippen molar-refractivity contribution < 1.29 is 22.8 Å². The molecule has 1 unspecified atom stereocenters. The number of carbonyl (C=O) groups excluding carboxylic acids is 2. The van der Waals surface area contributed by atoms with E-state index in [1.54, 1.807) is 36.4 Å². The molecular formula is C16H11F3O2. The number of rotatable bonds is 4. The fourth-order valence-electron chi connectivity index (χ4n) is 2.12. The average Bonchev–Trinajstić information content (AvgIpc) is 2.46. The Hall–Kier alpha value is -2.43. The van der Waals surface area contributed by atoms with Gasteiger partial charge in [-0.2, -0.15) is 13.2 Å². The molecular weight excluding hydrogens is 281 g/mol. The van der Waals surface area contributed by atoms with Gasteiger partial charge in [0.25, 0.3) is 5.78 Å². The maximum Gasteiger partial charge on any atom is 0.451 e. The largest absolute Gasteiger partial charge is 0.451 e. The van der Waals surface area contributed by atoms with E-state index in [1.807, 2.05) is 0 Å². The number of benzene rings is 2. The zero-order chi connectivity index (χ0) is 15.6. The zero-order valence-corrected chi connectivity index (χ0v) is 10.9. The number of fused-ring (bicyclic) bond motifs is 1. The van der Waals surface area contributed by atoms with Crippen LogP contribution >= 0.6 is 0 Å². The number of carbonyl (C=O) groups is 2. The number of Topliss-reactive ketones (excluding diaryl/α,β-unsaturated/α-hetero) is 2. The first-order valence-corrected chi connectivity index (χ1v) is 6.12. The minimum atomic E-state index is -5.07. The summed E-state index contributed by atoms with van der Waals surface area (Å²) in [5, 5.41) is 1.22. The van der Waals surface area contributed by atoms with Crippen LogP contribution in [-0.2, 0) is 4.79 Å². The Morgan fingerprint density at radius 2 is 1.67 bits per heavy atom. The molecule has 0 aromatic heterocycles. The van der Waals surface area contributed by atoms with Gasteiger partial charge in [-0.25, -0.2) is 0 Å². The Bertz CT molecular complexity index is 712. The molecule has 0 radical (unpaired) electrons. The minimum absolute atomic E-state index is 0.0793. The molecule has 0 saturated heterocycles. The van der Waals surface area contributed by atoms with Gasteiger partial charge < -0.3 is 0 Å². The van der Waals surface area contributed by atoms with Crippen molar-refractivity contribution in [3.05, 3.63) is 60.7 Å². The summed E-state index contributed by atoms with van der Waals surface area (Å²) in [5.41, 5.74) is 0.0793. The topological polar surface area (TPSA) is 34.1 Å². The highest BCUT2D eigenvalue weighted by Crippen LogP contribution is 2.27. The fraction of sp³-hybridized carbons (Fsp3) is 0.125. The van der Waals surface area contributed by atoms with Gasteiger partial charge in [0.2, 0.25) is 0 Å². The normalized spacial score (nSPS) is 12.9. The molecule has 2 aromatic rings. The smallest absolute Gasteiger partial charge is 0.293 e. The molecule has 108 valence electrons. The number of hydrogen-bond donors (Lipinski definition) is 0. The van der Waals surface area contributed by atoms with Crippen molar-refractivity contribution in [2.45, 2.75) is 6.18 Å². The molecule has 0 aliphatic carbocycles. The summed E-state index contributed by atoms with van der Waals surface area (Å²) in [6.07, 6.45) is -4.33. The van der Waals surface area contributed by atoms with Crippen LogP contribution in [0.25, 0.3) is 10.8 Å². The Balaban J connectivity index is 2.51. The second-order valence-electron chi connectivity index (χ2n) is 4.47. The van der Waals surface area contributed by atoms with E-state index >= 15 is 0 Å². The molecule has 0 bridgehead atoms. The molecule has 0 N–H and O–H groups in total. The van der Waals surface area contributed by atoms with Crippen LogP contribution in [0.2, 0.25) is 0 Å². The molecule has 0 amide bonds. The Kier molecular flexibility index (Phi) is 3.93. The third-order valence-corrected chi connectivity index (χ3v) is 3.14. The fourth-order valence-corrected chi connectivity index (χ4v) is 2.12. The highest BCUT2D eigenvalue weighted by Gasteiger charge is 2.45. The summed E-state index contributed by atoms with van der Waals surface area (Å²) in [6.45, 7) is 3.18. The number of alkyl halides is 3. The predicted octanol–water partition coefficient (Wildman–Crippen LogP) is 3.96. The van der Waals surface area contributed by atoms with Crippen molar-refractivity contribution in [1.82, 2.24) is 0 Å². The standard InChI is InChI=1S/C16H11F3O2/c1-2-11(15(21)16(17,18)19)14(20)13-9-5-7-10-6-3-4-8-12(10)13/h2-9,11H,1H2. The Morgan fingerprint density at radius 3 is 2.29 bits per heavy atom. The molecule has 21 heavy (non-hydrogen) atoms. The maximum absolute atomic E-state index is 12.5. The quantitative estimate of drug-likeness (QED) is 0.485. The first kappa shape index (κ1) is 15.0. The molecule has 0 saturated carbocycles. The van der Waals surface area contributed by atoms with Crippen molar-refractivity contribution in [2.75, 3.05) is 0 Å². The molecule has 0 spiro atoms. The van der Waals surface area contributed by atoms with Crippen molar-refractivity contribution in [3.8, 4) is 0 Å². The summed E-state index contributed by atoms with van der Waals surface area (Å²) in [5.74, 6) is -4.92. The lowest BCUT2D eigenvalue weighted by Crippen LogP contribution is -2.34.